The zero-order chi connectivity index (χ0) is 16.4. The number of benzene rings is 1. The van der Waals surface area contributed by atoms with Gasteiger partial charge in [0.15, 0.2) is 0 Å². The maximum absolute atomic E-state index is 12.5. The van der Waals surface area contributed by atoms with Gasteiger partial charge in [0, 0.05) is 31.0 Å². The highest BCUT2D eigenvalue weighted by atomic mass is 35.5. The van der Waals surface area contributed by atoms with E-state index in [0.717, 1.165) is 26.1 Å². The molecule has 1 aliphatic heterocycles. The smallest absolute Gasteiger partial charge is 0.338 e. The van der Waals surface area contributed by atoms with E-state index in [1.165, 1.54) is 6.42 Å². The molecule has 1 saturated heterocycles. The average Bonchev–Trinajstić information content (AvgIpc) is 2.55. The Kier molecular flexibility index (Phi) is 8.69. The molecule has 25 heavy (non-hydrogen) atoms. The molecule has 0 N–H and O–H groups in total. The van der Waals surface area contributed by atoms with Gasteiger partial charge in [-0.2, -0.15) is 0 Å². The van der Waals surface area contributed by atoms with Crippen molar-refractivity contribution in [1.82, 2.24) is 9.80 Å². The number of hydrogen-bond acceptors (Lipinski definition) is 4. The van der Waals surface area contributed by atoms with Crippen LogP contribution in [0.25, 0.3) is 0 Å². The molecule has 1 heterocycles. The van der Waals surface area contributed by atoms with Crippen molar-refractivity contribution in [3.8, 4) is 0 Å². The molecule has 0 aromatic heterocycles. The number of fused-ring (bicyclic) bond motifs is 2. The molecule has 0 spiro atoms. The van der Waals surface area contributed by atoms with Crippen LogP contribution in [0, 0.1) is 11.8 Å². The van der Waals surface area contributed by atoms with Crippen LogP contribution in [-0.2, 0) is 4.74 Å². The van der Waals surface area contributed by atoms with E-state index >= 15 is 0 Å². The van der Waals surface area contributed by atoms with Crippen LogP contribution in [-0.4, -0.2) is 61.6 Å². The summed E-state index contributed by atoms with van der Waals surface area (Å²) in [5.74, 6) is 0.706. The number of hydrogen-bond donors (Lipinski definition) is 0. The lowest BCUT2D eigenvalue weighted by Gasteiger charge is -2.51. The van der Waals surface area contributed by atoms with Crippen LogP contribution in [0.4, 0.5) is 0 Å². The summed E-state index contributed by atoms with van der Waals surface area (Å²) in [7, 11) is 4.29. The summed E-state index contributed by atoms with van der Waals surface area (Å²) >= 11 is 0. The maximum atomic E-state index is 12.5. The largest absolute Gasteiger partial charge is 0.458 e. The van der Waals surface area contributed by atoms with Crippen molar-refractivity contribution in [2.24, 2.45) is 11.8 Å². The van der Waals surface area contributed by atoms with E-state index in [-0.39, 0.29) is 36.9 Å². The van der Waals surface area contributed by atoms with E-state index in [1.807, 2.05) is 30.3 Å². The lowest BCUT2D eigenvalue weighted by atomic mass is 9.71. The first-order chi connectivity index (χ1) is 11.1. The SMILES string of the molecule is CCN1CC2CCC(N(C)C)C(C1)C2OC(=O)c1ccccc1.Cl.Cl. The molecule has 6 heteroatoms. The first kappa shape index (κ1) is 22.2. The van der Waals surface area contributed by atoms with Gasteiger partial charge in [-0.25, -0.2) is 4.79 Å². The standard InChI is InChI=1S/C19H28N2O2.2ClH/c1-4-21-12-15-10-11-17(20(2)3)16(13-21)18(15)23-19(22)14-8-6-5-7-9-14;;/h5-9,15-18H,4,10-13H2,1-3H3;2*1H. The van der Waals surface area contributed by atoms with Gasteiger partial charge in [0.2, 0.25) is 0 Å². The van der Waals surface area contributed by atoms with Crippen molar-refractivity contribution in [1.29, 1.82) is 0 Å². The summed E-state index contributed by atoms with van der Waals surface area (Å²) in [5.41, 5.74) is 0.657. The number of carbonyl (C=O) groups is 1. The fourth-order valence-electron chi connectivity index (χ4n) is 4.31. The second kappa shape index (κ2) is 9.77. The molecule has 2 aliphatic rings. The monoisotopic (exact) mass is 388 g/mol. The molecule has 3 rings (SSSR count). The highest BCUT2D eigenvalue weighted by Crippen LogP contribution is 2.39. The number of halogens is 2. The number of rotatable bonds is 4. The van der Waals surface area contributed by atoms with Crippen LogP contribution >= 0.6 is 24.8 Å². The molecule has 2 fully saturated rings. The van der Waals surface area contributed by atoms with Crippen LogP contribution in [0.15, 0.2) is 30.3 Å². The van der Waals surface area contributed by atoms with Gasteiger partial charge in [-0.1, -0.05) is 25.1 Å². The summed E-state index contributed by atoms with van der Waals surface area (Å²) in [5, 5.41) is 0. The summed E-state index contributed by atoms with van der Waals surface area (Å²) < 4.78 is 6.03. The van der Waals surface area contributed by atoms with E-state index in [9.17, 15) is 4.79 Å². The van der Waals surface area contributed by atoms with Gasteiger partial charge >= 0.3 is 5.97 Å². The van der Waals surface area contributed by atoms with E-state index < -0.39 is 0 Å². The zero-order valence-corrected chi connectivity index (χ0v) is 16.9. The highest BCUT2D eigenvalue weighted by Gasteiger charge is 2.46. The fraction of sp³-hybridized carbons (Fsp3) is 0.632. The number of piperidine rings is 1. The number of likely N-dealkylation sites (tertiary alicyclic amines) is 1. The van der Waals surface area contributed by atoms with Crippen LogP contribution in [0.1, 0.15) is 30.1 Å². The molecule has 1 aromatic carbocycles. The Balaban J connectivity index is 0.00000156. The Morgan fingerprint density at radius 1 is 1.16 bits per heavy atom. The average molecular weight is 389 g/mol. The number of carbonyl (C=O) groups excluding carboxylic acids is 1. The predicted molar refractivity (Wildman–Crippen MR) is 106 cm³/mol. The van der Waals surface area contributed by atoms with Gasteiger partial charge in [0.25, 0.3) is 0 Å². The first-order valence-electron chi connectivity index (χ1n) is 8.75. The molecule has 0 amide bonds. The third kappa shape index (κ3) is 4.88. The third-order valence-electron chi connectivity index (χ3n) is 5.54. The van der Waals surface area contributed by atoms with Crippen molar-refractivity contribution in [2.75, 3.05) is 33.7 Å². The Morgan fingerprint density at radius 3 is 2.44 bits per heavy atom. The molecule has 142 valence electrons. The Hall–Kier alpha value is -0.810. The van der Waals surface area contributed by atoms with Crippen LogP contribution in [0.3, 0.4) is 0 Å². The van der Waals surface area contributed by atoms with Gasteiger partial charge in [-0.15, -0.1) is 24.8 Å². The third-order valence-corrected chi connectivity index (χ3v) is 5.54. The van der Waals surface area contributed by atoms with E-state index in [4.69, 9.17) is 4.74 Å². The Bertz CT molecular complexity index is 541. The molecule has 1 aliphatic carbocycles. The van der Waals surface area contributed by atoms with Crippen molar-refractivity contribution >= 4 is 30.8 Å². The lowest BCUT2D eigenvalue weighted by Crippen LogP contribution is -2.60. The van der Waals surface area contributed by atoms with E-state index in [2.05, 4.69) is 30.8 Å². The van der Waals surface area contributed by atoms with Crippen molar-refractivity contribution in [2.45, 2.75) is 31.9 Å². The van der Waals surface area contributed by atoms with Crippen molar-refractivity contribution in [3.63, 3.8) is 0 Å². The molecule has 4 nitrogen and oxygen atoms in total. The van der Waals surface area contributed by atoms with Crippen molar-refractivity contribution < 1.29 is 9.53 Å². The number of esters is 1. The minimum Gasteiger partial charge on any atom is -0.458 e. The molecule has 1 aromatic rings. The molecular weight excluding hydrogens is 359 g/mol. The van der Waals surface area contributed by atoms with Gasteiger partial charge < -0.3 is 14.5 Å². The Morgan fingerprint density at radius 2 is 1.84 bits per heavy atom. The van der Waals surface area contributed by atoms with Crippen LogP contribution in [0.2, 0.25) is 0 Å². The summed E-state index contributed by atoms with van der Waals surface area (Å²) in [6.45, 7) is 5.38. The number of ether oxygens (including phenoxy) is 1. The summed E-state index contributed by atoms with van der Waals surface area (Å²) in [4.78, 5) is 17.3. The first-order valence-corrected chi connectivity index (χ1v) is 8.75. The molecule has 1 saturated carbocycles. The fourth-order valence-corrected chi connectivity index (χ4v) is 4.31. The highest BCUT2D eigenvalue weighted by molar-refractivity contribution is 5.89. The van der Waals surface area contributed by atoms with E-state index in [1.54, 1.807) is 0 Å². The molecule has 4 unspecified atom stereocenters. The van der Waals surface area contributed by atoms with Gasteiger partial charge in [-0.3, -0.25) is 0 Å². The molecule has 4 atom stereocenters. The van der Waals surface area contributed by atoms with Crippen LogP contribution < -0.4 is 0 Å². The Labute approximate surface area is 163 Å². The lowest BCUT2D eigenvalue weighted by molar-refractivity contribution is -0.0910. The second-order valence-corrected chi connectivity index (χ2v) is 7.12. The van der Waals surface area contributed by atoms with E-state index in [0.29, 0.717) is 23.4 Å². The zero-order valence-electron chi connectivity index (χ0n) is 15.3. The van der Waals surface area contributed by atoms with Crippen molar-refractivity contribution in [3.05, 3.63) is 35.9 Å². The van der Waals surface area contributed by atoms with Gasteiger partial charge in [0.05, 0.1) is 5.56 Å². The predicted octanol–water partition coefficient (Wildman–Crippen LogP) is 3.35. The normalized spacial score (nSPS) is 28.6. The summed E-state index contributed by atoms with van der Waals surface area (Å²) in [6.07, 6.45) is 2.40. The molecular formula is C19H30Cl2N2O2. The maximum Gasteiger partial charge on any atom is 0.338 e. The molecule has 0 radical (unpaired) electrons. The summed E-state index contributed by atoms with van der Waals surface area (Å²) in [6, 6.07) is 9.87. The number of nitrogens with zero attached hydrogens (tertiary/aromatic N) is 2. The minimum absolute atomic E-state index is 0. The van der Waals surface area contributed by atoms with Crippen LogP contribution in [0.5, 0.6) is 0 Å². The topological polar surface area (TPSA) is 32.8 Å². The quantitative estimate of drug-likeness (QED) is 0.740. The second-order valence-electron chi connectivity index (χ2n) is 7.12. The minimum atomic E-state index is -0.171. The molecule has 2 bridgehead atoms. The van der Waals surface area contributed by atoms with Gasteiger partial charge in [0.1, 0.15) is 6.10 Å². The van der Waals surface area contributed by atoms with Gasteiger partial charge in [-0.05, 0) is 45.6 Å².